The van der Waals surface area contributed by atoms with Crippen molar-refractivity contribution >= 4 is 5.91 Å². The number of aryl methyl sites for hydroxylation is 3. The predicted molar refractivity (Wildman–Crippen MR) is 102 cm³/mol. The van der Waals surface area contributed by atoms with E-state index >= 15 is 0 Å². The Labute approximate surface area is 158 Å². The van der Waals surface area contributed by atoms with E-state index in [1.807, 2.05) is 63.2 Å². The molecule has 27 heavy (non-hydrogen) atoms. The number of carbonyl (C=O) groups excluding carboxylic acids is 1. The lowest BCUT2D eigenvalue weighted by atomic mass is 10.1. The van der Waals surface area contributed by atoms with Gasteiger partial charge < -0.3 is 14.1 Å². The van der Waals surface area contributed by atoms with Gasteiger partial charge in [0, 0.05) is 12.6 Å². The standard InChI is InChI=1S/C21H23N3O3/c1-14-5-8-17(9-6-14)21-23-22-19(27-21)12-24(4)20(25)13-26-18-10-7-15(2)16(3)11-18/h5-11H,12-13H2,1-4H3. The third-order valence-corrected chi connectivity index (χ3v) is 4.40. The van der Waals surface area contributed by atoms with E-state index in [-0.39, 0.29) is 19.1 Å². The van der Waals surface area contributed by atoms with Crippen LogP contribution >= 0.6 is 0 Å². The zero-order valence-corrected chi connectivity index (χ0v) is 16.0. The zero-order chi connectivity index (χ0) is 19.4. The number of likely N-dealkylation sites (N-methyl/N-ethyl adjacent to an activating group) is 1. The highest BCUT2D eigenvalue weighted by atomic mass is 16.5. The minimum absolute atomic E-state index is 0.0437. The van der Waals surface area contributed by atoms with Gasteiger partial charge in [-0.15, -0.1) is 10.2 Å². The number of aromatic nitrogens is 2. The Balaban J connectivity index is 1.56. The van der Waals surface area contributed by atoms with Gasteiger partial charge in [0.2, 0.25) is 11.8 Å². The molecule has 0 bridgehead atoms. The van der Waals surface area contributed by atoms with Crippen LogP contribution in [0.4, 0.5) is 0 Å². The summed E-state index contributed by atoms with van der Waals surface area (Å²) < 4.78 is 11.3. The first-order chi connectivity index (χ1) is 12.9. The van der Waals surface area contributed by atoms with Crippen LogP contribution in [0.25, 0.3) is 11.5 Å². The molecule has 1 aromatic heterocycles. The number of carbonyl (C=O) groups is 1. The molecule has 0 spiro atoms. The molecule has 3 aromatic rings. The fourth-order valence-corrected chi connectivity index (χ4v) is 2.48. The molecular formula is C21H23N3O3. The molecule has 0 saturated carbocycles. The van der Waals surface area contributed by atoms with E-state index in [9.17, 15) is 4.79 Å². The third kappa shape index (κ3) is 4.73. The molecule has 2 aromatic carbocycles. The summed E-state index contributed by atoms with van der Waals surface area (Å²) in [5.41, 5.74) is 4.33. The van der Waals surface area contributed by atoms with Crippen LogP contribution < -0.4 is 4.74 Å². The third-order valence-electron chi connectivity index (χ3n) is 4.40. The van der Waals surface area contributed by atoms with Crippen LogP contribution in [0.5, 0.6) is 5.75 Å². The van der Waals surface area contributed by atoms with Crippen molar-refractivity contribution in [2.75, 3.05) is 13.7 Å². The number of amides is 1. The van der Waals surface area contributed by atoms with Crippen LogP contribution in [0.2, 0.25) is 0 Å². The number of hydrogen-bond donors (Lipinski definition) is 0. The smallest absolute Gasteiger partial charge is 0.260 e. The summed E-state index contributed by atoms with van der Waals surface area (Å²) in [5, 5.41) is 8.08. The van der Waals surface area contributed by atoms with Gasteiger partial charge in [-0.05, 0) is 56.2 Å². The normalized spacial score (nSPS) is 10.7. The van der Waals surface area contributed by atoms with E-state index in [0.717, 1.165) is 16.7 Å². The van der Waals surface area contributed by atoms with Gasteiger partial charge >= 0.3 is 0 Å². The van der Waals surface area contributed by atoms with Crippen molar-refractivity contribution in [3.63, 3.8) is 0 Å². The minimum atomic E-state index is -0.164. The molecule has 0 unspecified atom stereocenters. The van der Waals surface area contributed by atoms with Crippen molar-refractivity contribution in [3.8, 4) is 17.2 Å². The highest BCUT2D eigenvalue weighted by molar-refractivity contribution is 5.77. The van der Waals surface area contributed by atoms with Gasteiger partial charge in [-0.25, -0.2) is 0 Å². The predicted octanol–water partition coefficient (Wildman–Crippen LogP) is 3.70. The first kappa shape index (κ1) is 18.6. The Morgan fingerprint density at radius 2 is 1.78 bits per heavy atom. The highest BCUT2D eigenvalue weighted by Gasteiger charge is 2.15. The van der Waals surface area contributed by atoms with Crippen LogP contribution in [0, 0.1) is 20.8 Å². The molecule has 0 saturated heterocycles. The SMILES string of the molecule is Cc1ccc(-c2nnc(CN(C)C(=O)COc3ccc(C)c(C)c3)o2)cc1. The van der Waals surface area contributed by atoms with Gasteiger partial charge in [-0.1, -0.05) is 23.8 Å². The Morgan fingerprint density at radius 3 is 2.48 bits per heavy atom. The van der Waals surface area contributed by atoms with Gasteiger partial charge in [-0.3, -0.25) is 4.79 Å². The maximum absolute atomic E-state index is 12.3. The molecule has 0 aliphatic heterocycles. The second kappa shape index (κ2) is 8.03. The molecule has 0 atom stereocenters. The maximum Gasteiger partial charge on any atom is 0.260 e. The summed E-state index contributed by atoms with van der Waals surface area (Å²) in [6.45, 7) is 6.25. The van der Waals surface area contributed by atoms with E-state index in [4.69, 9.17) is 9.15 Å². The van der Waals surface area contributed by atoms with Crippen LogP contribution in [0.1, 0.15) is 22.6 Å². The van der Waals surface area contributed by atoms with Gasteiger partial charge in [0.25, 0.3) is 5.91 Å². The molecule has 3 rings (SSSR count). The second-order valence-corrected chi connectivity index (χ2v) is 6.65. The molecule has 140 valence electrons. The fraction of sp³-hybridized carbons (Fsp3) is 0.286. The summed E-state index contributed by atoms with van der Waals surface area (Å²) in [6, 6.07) is 13.6. The molecule has 0 fully saturated rings. The first-order valence-corrected chi connectivity index (χ1v) is 8.76. The van der Waals surface area contributed by atoms with Crippen molar-refractivity contribution in [2.24, 2.45) is 0 Å². The number of nitrogens with zero attached hydrogens (tertiary/aromatic N) is 3. The summed E-state index contributed by atoms with van der Waals surface area (Å²) in [5.74, 6) is 1.34. The zero-order valence-electron chi connectivity index (χ0n) is 16.0. The van der Waals surface area contributed by atoms with Crippen molar-refractivity contribution < 1.29 is 13.9 Å². The average Bonchev–Trinajstić information content (AvgIpc) is 3.11. The Bertz CT molecular complexity index is 932. The lowest BCUT2D eigenvalue weighted by Crippen LogP contribution is -2.31. The molecule has 0 aliphatic rings. The van der Waals surface area contributed by atoms with Crippen LogP contribution in [-0.4, -0.2) is 34.7 Å². The highest BCUT2D eigenvalue weighted by Crippen LogP contribution is 2.19. The number of hydrogen-bond acceptors (Lipinski definition) is 5. The molecule has 6 heteroatoms. The van der Waals surface area contributed by atoms with Crippen LogP contribution in [0.15, 0.2) is 46.9 Å². The number of rotatable bonds is 6. The number of ether oxygens (including phenoxy) is 1. The monoisotopic (exact) mass is 365 g/mol. The molecule has 0 N–H and O–H groups in total. The van der Waals surface area contributed by atoms with Gasteiger partial charge in [-0.2, -0.15) is 0 Å². The van der Waals surface area contributed by atoms with E-state index in [0.29, 0.717) is 17.5 Å². The summed E-state index contributed by atoms with van der Waals surface area (Å²) in [6.07, 6.45) is 0. The Morgan fingerprint density at radius 1 is 1.04 bits per heavy atom. The summed E-state index contributed by atoms with van der Waals surface area (Å²) in [4.78, 5) is 13.8. The van der Waals surface area contributed by atoms with Gasteiger partial charge in [0.15, 0.2) is 6.61 Å². The molecule has 0 aliphatic carbocycles. The molecule has 1 heterocycles. The fourth-order valence-electron chi connectivity index (χ4n) is 2.48. The van der Waals surface area contributed by atoms with Crippen molar-refractivity contribution in [1.29, 1.82) is 0 Å². The average molecular weight is 365 g/mol. The minimum Gasteiger partial charge on any atom is -0.484 e. The van der Waals surface area contributed by atoms with Crippen molar-refractivity contribution in [3.05, 3.63) is 65.0 Å². The summed E-state index contributed by atoms with van der Waals surface area (Å²) in [7, 11) is 1.68. The number of benzene rings is 2. The van der Waals surface area contributed by atoms with Gasteiger partial charge in [0.05, 0.1) is 6.54 Å². The van der Waals surface area contributed by atoms with Crippen LogP contribution in [-0.2, 0) is 11.3 Å². The molecule has 6 nitrogen and oxygen atoms in total. The van der Waals surface area contributed by atoms with Crippen molar-refractivity contribution in [2.45, 2.75) is 27.3 Å². The van der Waals surface area contributed by atoms with E-state index in [1.54, 1.807) is 7.05 Å². The largest absolute Gasteiger partial charge is 0.484 e. The quantitative estimate of drug-likeness (QED) is 0.666. The maximum atomic E-state index is 12.3. The lowest BCUT2D eigenvalue weighted by Gasteiger charge is -2.15. The second-order valence-electron chi connectivity index (χ2n) is 6.65. The van der Waals surface area contributed by atoms with Crippen molar-refractivity contribution in [1.82, 2.24) is 15.1 Å². The molecular weight excluding hydrogens is 342 g/mol. The topological polar surface area (TPSA) is 68.5 Å². The Kier molecular flexibility index (Phi) is 5.54. The first-order valence-electron chi connectivity index (χ1n) is 8.76. The van der Waals surface area contributed by atoms with E-state index in [1.165, 1.54) is 10.5 Å². The molecule has 0 radical (unpaired) electrons. The van der Waals surface area contributed by atoms with E-state index < -0.39 is 0 Å². The summed E-state index contributed by atoms with van der Waals surface area (Å²) >= 11 is 0. The van der Waals surface area contributed by atoms with Crippen LogP contribution in [0.3, 0.4) is 0 Å². The molecule has 1 amide bonds. The van der Waals surface area contributed by atoms with Gasteiger partial charge in [0.1, 0.15) is 5.75 Å². The van der Waals surface area contributed by atoms with E-state index in [2.05, 4.69) is 10.2 Å². The Hall–Kier alpha value is -3.15. The lowest BCUT2D eigenvalue weighted by molar-refractivity contribution is -0.132.